The molecule has 0 bridgehead atoms. The van der Waals surface area contributed by atoms with E-state index in [0.717, 1.165) is 0 Å². The molecule has 0 aliphatic rings. The highest BCUT2D eigenvalue weighted by Gasteiger charge is 2.12. The van der Waals surface area contributed by atoms with Gasteiger partial charge in [0.2, 0.25) is 17.8 Å². The van der Waals surface area contributed by atoms with Crippen molar-refractivity contribution in [2.24, 2.45) is 5.10 Å². The van der Waals surface area contributed by atoms with E-state index in [1.165, 1.54) is 55.8 Å². The van der Waals surface area contributed by atoms with Gasteiger partial charge < -0.3 is 20.1 Å². The summed E-state index contributed by atoms with van der Waals surface area (Å²) in [5.74, 6) is 1.35. The first kappa shape index (κ1) is 26.2. The maximum absolute atomic E-state index is 11.1. The van der Waals surface area contributed by atoms with Crippen molar-refractivity contribution in [3.8, 4) is 11.5 Å². The largest absolute Gasteiger partial charge is 0.497 e. The molecular formula is C24H21N9O6. The van der Waals surface area contributed by atoms with Crippen LogP contribution in [0.5, 0.6) is 11.5 Å². The van der Waals surface area contributed by atoms with Crippen molar-refractivity contribution in [2.75, 3.05) is 30.3 Å². The molecule has 0 saturated carbocycles. The van der Waals surface area contributed by atoms with E-state index in [4.69, 9.17) is 9.47 Å². The first-order valence-corrected chi connectivity index (χ1v) is 11.1. The molecule has 1 aromatic heterocycles. The predicted molar refractivity (Wildman–Crippen MR) is 143 cm³/mol. The number of hydrogen-bond donors (Lipinski definition) is 3. The van der Waals surface area contributed by atoms with Gasteiger partial charge in [-0.25, -0.2) is 5.43 Å². The average Bonchev–Trinajstić information content (AvgIpc) is 2.93. The molecule has 3 aromatic carbocycles. The summed E-state index contributed by atoms with van der Waals surface area (Å²) in [5.41, 5.74) is 4.01. The van der Waals surface area contributed by atoms with Crippen LogP contribution in [0.2, 0.25) is 0 Å². The summed E-state index contributed by atoms with van der Waals surface area (Å²) >= 11 is 0. The Bertz CT molecular complexity index is 1510. The lowest BCUT2D eigenvalue weighted by Gasteiger charge is -2.10. The SMILES string of the molecule is COc1ccc(Nc2nc(N/N=C/c3cc([N+](=O)[O-])ccc3OC)nc(Nc3ccc([N+](=O)[O-])cc3)n2)cc1. The van der Waals surface area contributed by atoms with Crippen LogP contribution >= 0.6 is 0 Å². The molecule has 1 heterocycles. The summed E-state index contributed by atoms with van der Waals surface area (Å²) in [6.07, 6.45) is 1.33. The van der Waals surface area contributed by atoms with Crippen molar-refractivity contribution in [2.45, 2.75) is 0 Å². The minimum atomic E-state index is -0.524. The summed E-state index contributed by atoms with van der Waals surface area (Å²) in [5, 5.41) is 32.2. The number of nitro benzene ring substituents is 2. The van der Waals surface area contributed by atoms with E-state index in [-0.39, 0.29) is 29.2 Å². The van der Waals surface area contributed by atoms with E-state index >= 15 is 0 Å². The number of non-ortho nitro benzene ring substituents is 2. The van der Waals surface area contributed by atoms with Crippen LogP contribution in [0.3, 0.4) is 0 Å². The van der Waals surface area contributed by atoms with Gasteiger partial charge in [0, 0.05) is 41.2 Å². The van der Waals surface area contributed by atoms with E-state index in [0.29, 0.717) is 28.4 Å². The highest BCUT2D eigenvalue weighted by molar-refractivity contribution is 5.85. The van der Waals surface area contributed by atoms with Gasteiger partial charge >= 0.3 is 0 Å². The zero-order chi connectivity index (χ0) is 27.8. The van der Waals surface area contributed by atoms with E-state index in [1.807, 2.05) is 0 Å². The Morgan fingerprint density at radius 2 is 1.28 bits per heavy atom. The van der Waals surface area contributed by atoms with Gasteiger partial charge in [-0.1, -0.05) is 0 Å². The monoisotopic (exact) mass is 531 g/mol. The number of nitro groups is 2. The number of methoxy groups -OCH3 is 2. The number of hydrazone groups is 1. The first-order chi connectivity index (χ1) is 18.8. The lowest BCUT2D eigenvalue weighted by molar-refractivity contribution is -0.385. The Hall–Kier alpha value is -5.86. The molecule has 15 heteroatoms. The number of hydrogen-bond acceptors (Lipinski definition) is 13. The predicted octanol–water partition coefficient (Wildman–Crippen LogP) is 4.64. The van der Waals surface area contributed by atoms with E-state index in [1.54, 1.807) is 31.4 Å². The number of rotatable bonds is 11. The van der Waals surface area contributed by atoms with E-state index in [2.05, 4.69) is 36.1 Å². The Kier molecular flexibility index (Phi) is 8.01. The molecule has 0 fully saturated rings. The fraction of sp³-hybridized carbons (Fsp3) is 0.0833. The minimum absolute atomic E-state index is 0.0334. The van der Waals surface area contributed by atoms with Gasteiger partial charge in [-0.3, -0.25) is 20.2 Å². The Morgan fingerprint density at radius 3 is 1.82 bits per heavy atom. The maximum Gasteiger partial charge on any atom is 0.270 e. The topological polar surface area (TPSA) is 192 Å². The molecule has 39 heavy (non-hydrogen) atoms. The van der Waals surface area contributed by atoms with Crippen LogP contribution in [-0.2, 0) is 0 Å². The van der Waals surface area contributed by atoms with Crippen molar-refractivity contribution < 1.29 is 19.3 Å². The van der Waals surface area contributed by atoms with Gasteiger partial charge in [0.25, 0.3) is 11.4 Å². The third-order valence-electron chi connectivity index (χ3n) is 5.11. The maximum atomic E-state index is 11.1. The zero-order valence-electron chi connectivity index (χ0n) is 20.6. The molecule has 198 valence electrons. The summed E-state index contributed by atoms with van der Waals surface area (Å²) in [7, 11) is 3.00. The summed E-state index contributed by atoms with van der Waals surface area (Å²) < 4.78 is 10.4. The van der Waals surface area contributed by atoms with Crippen molar-refractivity contribution in [1.29, 1.82) is 0 Å². The third kappa shape index (κ3) is 6.88. The second kappa shape index (κ2) is 11.9. The van der Waals surface area contributed by atoms with Crippen LogP contribution in [0.25, 0.3) is 0 Å². The van der Waals surface area contributed by atoms with Crippen molar-refractivity contribution in [3.63, 3.8) is 0 Å². The third-order valence-corrected chi connectivity index (χ3v) is 5.11. The lowest BCUT2D eigenvalue weighted by Crippen LogP contribution is -2.07. The summed E-state index contributed by atoms with van der Waals surface area (Å²) in [6.45, 7) is 0. The second-order valence-corrected chi connectivity index (χ2v) is 7.64. The quantitative estimate of drug-likeness (QED) is 0.138. The number of ether oxygens (including phenoxy) is 2. The normalized spacial score (nSPS) is 10.6. The smallest absolute Gasteiger partial charge is 0.270 e. The molecule has 15 nitrogen and oxygen atoms in total. The average molecular weight is 531 g/mol. The van der Waals surface area contributed by atoms with Crippen LogP contribution in [0.15, 0.2) is 71.8 Å². The molecule has 4 rings (SSSR count). The summed E-state index contributed by atoms with van der Waals surface area (Å²) in [6, 6.07) is 16.9. The molecule has 3 N–H and O–H groups in total. The van der Waals surface area contributed by atoms with Gasteiger partial charge in [0.1, 0.15) is 11.5 Å². The molecule has 0 aliphatic carbocycles. The number of nitrogens with one attached hydrogen (secondary N) is 3. The van der Waals surface area contributed by atoms with Crippen molar-refractivity contribution >= 4 is 46.8 Å². The highest BCUT2D eigenvalue weighted by Crippen LogP contribution is 2.24. The molecule has 0 atom stereocenters. The van der Waals surface area contributed by atoms with Crippen LogP contribution in [0, 0.1) is 20.2 Å². The molecule has 0 radical (unpaired) electrons. The molecule has 0 unspecified atom stereocenters. The fourth-order valence-corrected chi connectivity index (χ4v) is 3.23. The molecule has 0 aliphatic heterocycles. The number of nitrogens with zero attached hydrogens (tertiary/aromatic N) is 6. The van der Waals surface area contributed by atoms with Gasteiger partial charge in [-0.2, -0.15) is 20.1 Å². The van der Waals surface area contributed by atoms with Gasteiger partial charge in [-0.05, 0) is 42.5 Å². The zero-order valence-corrected chi connectivity index (χ0v) is 20.6. The van der Waals surface area contributed by atoms with E-state index in [9.17, 15) is 20.2 Å². The van der Waals surface area contributed by atoms with Gasteiger partial charge in [-0.15, -0.1) is 0 Å². The molecule has 4 aromatic rings. The number of benzene rings is 3. The fourth-order valence-electron chi connectivity index (χ4n) is 3.23. The number of anilines is 5. The minimum Gasteiger partial charge on any atom is -0.497 e. The van der Waals surface area contributed by atoms with Gasteiger partial charge in [0.05, 0.1) is 30.3 Å². The van der Waals surface area contributed by atoms with Crippen molar-refractivity contribution in [3.05, 3.63) is 92.5 Å². The molecular weight excluding hydrogens is 510 g/mol. The van der Waals surface area contributed by atoms with Crippen LogP contribution < -0.4 is 25.5 Å². The first-order valence-electron chi connectivity index (χ1n) is 11.1. The second-order valence-electron chi connectivity index (χ2n) is 7.64. The van der Waals surface area contributed by atoms with Gasteiger partial charge in [0.15, 0.2) is 0 Å². The van der Waals surface area contributed by atoms with Crippen LogP contribution in [0.4, 0.5) is 40.6 Å². The van der Waals surface area contributed by atoms with Crippen molar-refractivity contribution in [1.82, 2.24) is 15.0 Å². The molecule has 0 spiro atoms. The standard InChI is InChI=1S/C24H21N9O6/c1-38-20-10-5-17(6-11-20)27-23-28-22(26-16-3-7-18(8-4-16)32(34)35)29-24(30-23)31-25-14-15-13-19(33(36)37)9-12-21(15)39-2/h3-14H,1-2H3,(H3,26,27,28,29,30,31)/b25-14+. The van der Waals surface area contributed by atoms with Crippen LogP contribution in [0.1, 0.15) is 5.56 Å². The Morgan fingerprint density at radius 1 is 0.744 bits per heavy atom. The number of aromatic nitrogens is 3. The Labute approximate surface area is 220 Å². The van der Waals surface area contributed by atoms with Crippen LogP contribution in [-0.4, -0.2) is 45.2 Å². The molecule has 0 amide bonds. The highest BCUT2D eigenvalue weighted by atomic mass is 16.6. The lowest BCUT2D eigenvalue weighted by atomic mass is 10.2. The van der Waals surface area contributed by atoms with E-state index < -0.39 is 9.85 Å². The summed E-state index contributed by atoms with van der Waals surface area (Å²) in [4.78, 5) is 34.0. The Balaban J connectivity index is 1.61. The molecule has 0 saturated heterocycles.